The Morgan fingerprint density at radius 1 is 0.867 bits per heavy atom. The minimum atomic E-state index is 0.0638. The molecule has 1 aromatic heterocycles. The number of likely N-dealkylation sites (tertiary alicyclic amines) is 1. The van der Waals surface area contributed by atoms with E-state index in [1.54, 1.807) is 18.5 Å². The van der Waals surface area contributed by atoms with Crippen molar-refractivity contribution in [2.75, 3.05) is 44.2 Å². The number of hydrogen-bond donors (Lipinski definition) is 0. The molecule has 6 heteroatoms. The summed E-state index contributed by atoms with van der Waals surface area (Å²) < 4.78 is 0. The summed E-state index contributed by atoms with van der Waals surface area (Å²) in [5.74, 6) is 0.864. The number of rotatable bonds is 5. The van der Waals surface area contributed by atoms with E-state index in [0.717, 1.165) is 58.5 Å². The van der Waals surface area contributed by atoms with Crippen molar-refractivity contribution in [3.05, 3.63) is 60.4 Å². The predicted octanol–water partition coefficient (Wildman–Crippen LogP) is 3.06. The predicted molar refractivity (Wildman–Crippen MR) is 117 cm³/mol. The van der Waals surface area contributed by atoms with Crippen LogP contribution in [-0.2, 0) is 4.79 Å². The van der Waals surface area contributed by atoms with Gasteiger partial charge in [0.2, 0.25) is 5.91 Å². The Labute approximate surface area is 178 Å². The smallest absolute Gasteiger partial charge is 0.255 e. The highest BCUT2D eigenvalue weighted by molar-refractivity contribution is 5.93. The first-order valence-electron chi connectivity index (χ1n) is 11.0. The van der Waals surface area contributed by atoms with Crippen molar-refractivity contribution in [3.8, 4) is 0 Å². The van der Waals surface area contributed by atoms with Crippen LogP contribution in [0.4, 0.5) is 5.69 Å². The molecular weight excluding hydrogens is 376 g/mol. The number of hydrogen-bond acceptors (Lipinski definition) is 4. The molecule has 0 atom stereocenters. The van der Waals surface area contributed by atoms with E-state index in [9.17, 15) is 9.59 Å². The third kappa shape index (κ3) is 4.99. The number of carbonyl (C=O) groups is 2. The first-order valence-corrected chi connectivity index (χ1v) is 11.0. The van der Waals surface area contributed by atoms with Crippen molar-refractivity contribution in [2.24, 2.45) is 5.92 Å². The number of anilines is 1. The highest BCUT2D eigenvalue weighted by Gasteiger charge is 2.26. The lowest BCUT2D eigenvalue weighted by molar-refractivity contribution is -0.131. The molecule has 0 N–H and O–H groups in total. The van der Waals surface area contributed by atoms with E-state index in [4.69, 9.17) is 0 Å². The summed E-state index contributed by atoms with van der Waals surface area (Å²) in [6.07, 6.45) is 6.80. The summed E-state index contributed by atoms with van der Waals surface area (Å²) >= 11 is 0. The Morgan fingerprint density at radius 3 is 2.27 bits per heavy atom. The van der Waals surface area contributed by atoms with Crippen molar-refractivity contribution in [1.29, 1.82) is 0 Å². The lowest BCUT2D eigenvalue weighted by Gasteiger charge is -2.36. The van der Waals surface area contributed by atoms with Crippen LogP contribution in [0.3, 0.4) is 0 Å². The highest BCUT2D eigenvalue weighted by Crippen LogP contribution is 2.24. The molecule has 2 saturated heterocycles. The first kappa shape index (κ1) is 20.4. The minimum Gasteiger partial charge on any atom is -0.368 e. The van der Waals surface area contributed by atoms with Gasteiger partial charge in [0.1, 0.15) is 0 Å². The molecule has 6 nitrogen and oxygen atoms in total. The van der Waals surface area contributed by atoms with Crippen LogP contribution in [-0.4, -0.2) is 65.9 Å². The average molecular weight is 407 g/mol. The largest absolute Gasteiger partial charge is 0.368 e. The first-order chi connectivity index (χ1) is 14.7. The quantitative estimate of drug-likeness (QED) is 0.766. The van der Waals surface area contributed by atoms with E-state index in [1.807, 2.05) is 21.9 Å². The third-order valence-corrected chi connectivity index (χ3v) is 6.33. The van der Waals surface area contributed by atoms with Crippen LogP contribution < -0.4 is 4.90 Å². The number of nitrogens with zero attached hydrogens (tertiary/aromatic N) is 4. The van der Waals surface area contributed by atoms with E-state index in [2.05, 4.69) is 34.1 Å². The van der Waals surface area contributed by atoms with E-state index in [1.165, 1.54) is 5.69 Å². The second-order valence-electron chi connectivity index (χ2n) is 8.22. The minimum absolute atomic E-state index is 0.0638. The normalized spacial score (nSPS) is 17.8. The van der Waals surface area contributed by atoms with Crippen molar-refractivity contribution in [2.45, 2.75) is 25.7 Å². The van der Waals surface area contributed by atoms with Crippen molar-refractivity contribution in [3.63, 3.8) is 0 Å². The fourth-order valence-corrected chi connectivity index (χ4v) is 4.44. The summed E-state index contributed by atoms with van der Waals surface area (Å²) in [4.78, 5) is 35.5. The molecule has 2 fully saturated rings. The van der Waals surface area contributed by atoms with Crippen molar-refractivity contribution < 1.29 is 9.59 Å². The molecular formula is C24H30N4O2. The summed E-state index contributed by atoms with van der Waals surface area (Å²) in [5.41, 5.74) is 1.89. The number of para-hydroxylation sites is 1. The fraction of sp³-hybridized carbons (Fsp3) is 0.458. The summed E-state index contributed by atoms with van der Waals surface area (Å²) in [7, 11) is 0. The molecule has 0 radical (unpaired) electrons. The van der Waals surface area contributed by atoms with Gasteiger partial charge in [0.05, 0.1) is 5.56 Å². The van der Waals surface area contributed by atoms with Gasteiger partial charge in [0.15, 0.2) is 0 Å². The van der Waals surface area contributed by atoms with Crippen LogP contribution in [0.1, 0.15) is 36.0 Å². The highest BCUT2D eigenvalue weighted by atomic mass is 16.2. The van der Waals surface area contributed by atoms with Gasteiger partial charge in [-0.3, -0.25) is 14.6 Å². The standard InChI is InChI=1S/C24H30N4O2/c29-23(27-17-15-26(16-18-27)22-6-2-1-3-7-22)9-8-20-10-13-28(14-11-20)24(30)21-5-4-12-25-19-21/h1-7,12,19-20H,8-11,13-18H2. The van der Waals surface area contributed by atoms with E-state index >= 15 is 0 Å². The van der Waals surface area contributed by atoms with Crippen LogP contribution in [0.15, 0.2) is 54.9 Å². The Kier molecular flexibility index (Phi) is 6.62. The van der Waals surface area contributed by atoms with Crippen LogP contribution in [0, 0.1) is 5.92 Å². The Balaban J connectivity index is 1.17. The number of aromatic nitrogens is 1. The van der Waals surface area contributed by atoms with Crippen molar-refractivity contribution in [1.82, 2.24) is 14.8 Å². The second kappa shape index (κ2) is 9.74. The molecule has 2 aliphatic heterocycles. The van der Waals surface area contributed by atoms with Gasteiger partial charge in [-0.1, -0.05) is 18.2 Å². The fourth-order valence-electron chi connectivity index (χ4n) is 4.44. The second-order valence-corrected chi connectivity index (χ2v) is 8.22. The zero-order valence-electron chi connectivity index (χ0n) is 17.4. The average Bonchev–Trinajstić information content (AvgIpc) is 2.83. The number of piperidine rings is 1. The lowest BCUT2D eigenvalue weighted by Crippen LogP contribution is -2.48. The summed E-state index contributed by atoms with van der Waals surface area (Å²) in [5, 5.41) is 0. The lowest BCUT2D eigenvalue weighted by atomic mass is 9.91. The Morgan fingerprint density at radius 2 is 1.60 bits per heavy atom. The number of benzene rings is 1. The molecule has 0 saturated carbocycles. The van der Waals surface area contributed by atoms with Gasteiger partial charge >= 0.3 is 0 Å². The number of amides is 2. The molecule has 0 bridgehead atoms. The molecule has 3 heterocycles. The Bertz CT molecular complexity index is 827. The van der Waals surface area contributed by atoms with Crippen molar-refractivity contribution >= 4 is 17.5 Å². The number of pyridine rings is 1. The third-order valence-electron chi connectivity index (χ3n) is 6.33. The molecule has 1 aromatic carbocycles. The van der Waals surface area contributed by atoms with Gasteiger partial charge in [-0.2, -0.15) is 0 Å². The van der Waals surface area contributed by atoms with Crippen LogP contribution in [0.5, 0.6) is 0 Å². The topological polar surface area (TPSA) is 56.8 Å². The molecule has 30 heavy (non-hydrogen) atoms. The SMILES string of the molecule is O=C(CCC1CCN(C(=O)c2cccnc2)CC1)N1CCN(c2ccccc2)CC1. The molecule has 2 aromatic rings. The molecule has 2 amide bonds. The molecule has 0 spiro atoms. The summed E-state index contributed by atoms with van der Waals surface area (Å²) in [6, 6.07) is 14.0. The maximum Gasteiger partial charge on any atom is 0.255 e. The van der Waals surface area contributed by atoms with E-state index < -0.39 is 0 Å². The zero-order valence-corrected chi connectivity index (χ0v) is 17.4. The van der Waals surface area contributed by atoms with Crippen LogP contribution >= 0.6 is 0 Å². The maximum absolute atomic E-state index is 12.7. The van der Waals surface area contributed by atoms with Gasteiger partial charge in [0.25, 0.3) is 5.91 Å². The van der Waals surface area contributed by atoms with Gasteiger partial charge in [-0.25, -0.2) is 0 Å². The summed E-state index contributed by atoms with van der Waals surface area (Å²) in [6.45, 7) is 4.91. The number of piperazine rings is 1. The molecule has 0 aliphatic carbocycles. The maximum atomic E-state index is 12.7. The molecule has 2 aliphatic rings. The van der Waals surface area contributed by atoms with E-state index in [-0.39, 0.29) is 11.8 Å². The molecule has 0 unspecified atom stereocenters. The number of carbonyl (C=O) groups excluding carboxylic acids is 2. The van der Waals surface area contributed by atoms with Gasteiger partial charge in [-0.15, -0.1) is 0 Å². The van der Waals surface area contributed by atoms with Gasteiger partial charge in [-0.05, 0) is 49.4 Å². The molecule has 4 rings (SSSR count). The van der Waals surface area contributed by atoms with Gasteiger partial charge in [0, 0.05) is 63.8 Å². The molecule has 158 valence electrons. The van der Waals surface area contributed by atoms with E-state index in [0.29, 0.717) is 17.9 Å². The van der Waals surface area contributed by atoms with Crippen LogP contribution in [0.2, 0.25) is 0 Å². The zero-order chi connectivity index (χ0) is 20.8. The monoisotopic (exact) mass is 406 g/mol. The Hall–Kier alpha value is -2.89. The van der Waals surface area contributed by atoms with Crippen LogP contribution in [0.25, 0.3) is 0 Å². The van der Waals surface area contributed by atoms with Gasteiger partial charge < -0.3 is 14.7 Å².